The SMILES string of the molecule is O=Cc1c[nH]c2cc(Cl)cc(Br)c12. The lowest BCUT2D eigenvalue weighted by atomic mass is 10.2. The minimum Gasteiger partial charge on any atom is -0.360 e. The van der Waals surface area contributed by atoms with E-state index in [1.54, 1.807) is 18.3 Å². The molecule has 2 aromatic rings. The highest BCUT2D eigenvalue weighted by molar-refractivity contribution is 9.10. The van der Waals surface area contributed by atoms with Crippen LogP contribution >= 0.6 is 27.5 Å². The maximum absolute atomic E-state index is 10.6. The number of fused-ring (bicyclic) bond motifs is 1. The lowest BCUT2D eigenvalue weighted by Gasteiger charge is -1.96. The van der Waals surface area contributed by atoms with Crippen LogP contribution < -0.4 is 0 Å². The number of benzene rings is 1. The van der Waals surface area contributed by atoms with Gasteiger partial charge >= 0.3 is 0 Å². The smallest absolute Gasteiger partial charge is 0.152 e. The number of rotatable bonds is 1. The van der Waals surface area contributed by atoms with Crippen LogP contribution in [0.4, 0.5) is 0 Å². The third-order valence-corrected chi connectivity index (χ3v) is 2.70. The third kappa shape index (κ3) is 1.38. The summed E-state index contributed by atoms with van der Waals surface area (Å²) in [7, 11) is 0. The Morgan fingerprint density at radius 3 is 2.92 bits per heavy atom. The molecule has 0 aliphatic carbocycles. The van der Waals surface area contributed by atoms with Gasteiger partial charge in [0.15, 0.2) is 6.29 Å². The maximum atomic E-state index is 10.6. The van der Waals surface area contributed by atoms with E-state index in [2.05, 4.69) is 20.9 Å². The fourth-order valence-corrected chi connectivity index (χ4v) is 2.34. The molecule has 0 saturated heterocycles. The van der Waals surface area contributed by atoms with Gasteiger partial charge in [0, 0.05) is 32.2 Å². The van der Waals surface area contributed by atoms with Gasteiger partial charge in [-0.05, 0) is 12.1 Å². The van der Waals surface area contributed by atoms with Gasteiger partial charge in [-0.2, -0.15) is 0 Å². The van der Waals surface area contributed by atoms with Crippen molar-refractivity contribution >= 4 is 44.7 Å². The van der Waals surface area contributed by atoms with Crippen molar-refractivity contribution in [2.75, 3.05) is 0 Å². The fourth-order valence-electron chi connectivity index (χ4n) is 1.30. The molecule has 2 rings (SSSR count). The van der Waals surface area contributed by atoms with Crippen LogP contribution in [0.15, 0.2) is 22.8 Å². The molecule has 13 heavy (non-hydrogen) atoms. The number of aromatic nitrogens is 1. The van der Waals surface area contributed by atoms with E-state index in [4.69, 9.17) is 11.6 Å². The highest BCUT2D eigenvalue weighted by atomic mass is 79.9. The zero-order valence-corrected chi connectivity index (χ0v) is 8.82. The summed E-state index contributed by atoms with van der Waals surface area (Å²) in [5.74, 6) is 0. The second kappa shape index (κ2) is 3.16. The molecule has 0 bridgehead atoms. The van der Waals surface area contributed by atoms with E-state index in [-0.39, 0.29) is 0 Å². The molecule has 2 nitrogen and oxygen atoms in total. The van der Waals surface area contributed by atoms with Crippen molar-refractivity contribution in [2.24, 2.45) is 0 Å². The van der Waals surface area contributed by atoms with Crippen LogP contribution in [0.1, 0.15) is 10.4 Å². The van der Waals surface area contributed by atoms with Crippen molar-refractivity contribution in [2.45, 2.75) is 0 Å². The number of H-pyrrole nitrogens is 1. The molecular formula is C9H5BrClNO. The van der Waals surface area contributed by atoms with E-state index in [0.29, 0.717) is 10.6 Å². The first-order valence-corrected chi connectivity index (χ1v) is 4.81. The second-order valence-electron chi connectivity index (χ2n) is 2.67. The van der Waals surface area contributed by atoms with E-state index in [0.717, 1.165) is 21.7 Å². The molecule has 0 unspecified atom stereocenters. The Labute approximate surface area is 88.0 Å². The van der Waals surface area contributed by atoms with Crippen LogP contribution in [0.3, 0.4) is 0 Å². The molecule has 0 spiro atoms. The Balaban J connectivity index is 2.89. The first-order valence-electron chi connectivity index (χ1n) is 3.63. The number of hydrogen-bond donors (Lipinski definition) is 1. The van der Waals surface area contributed by atoms with E-state index < -0.39 is 0 Å². The van der Waals surface area contributed by atoms with E-state index in [9.17, 15) is 4.79 Å². The van der Waals surface area contributed by atoms with Gasteiger partial charge in [-0.15, -0.1) is 0 Å². The lowest BCUT2D eigenvalue weighted by molar-refractivity contribution is 0.112. The highest BCUT2D eigenvalue weighted by Crippen LogP contribution is 2.29. The Morgan fingerprint density at radius 2 is 2.23 bits per heavy atom. The Kier molecular flexibility index (Phi) is 2.14. The number of carbonyl (C=O) groups is 1. The van der Waals surface area contributed by atoms with E-state index in [1.807, 2.05) is 0 Å². The molecule has 0 amide bonds. The summed E-state index contributed by atoms with van der Waals surface area (Å²) >= 11 is 9.19. The molecule has 0 radical (unpaired) electrons. The molecule has 0 atom stereocenters. The quantitative estimate of drug-likeness (QED) is 0.781. The van der Waals surface area contributed by atoms with Crippen molar-refractivity contribution in [1.82, 2.24) is 4.98 Å². The van der Waals surface area contributed by atoms with Crippen LogP contribution in [0, 0.1) is 0 Å². The molecule has 1 N–H and O–H groups in total. The summed E-state index contributed by atoms with van der Waals surface area (Å²) < 4.78 is 0.832. The third-order valence-electron chi connectivity index (χ3n) is 1.85. The van der Waals surface area contributed by atoms with Gasteiger partial charge in [-0.3, -0.25) is 4.79 Å². The number of halogens is 2. The molecule has 66 valence electrons. The average molecular weight is 259 g/mol. The number of aromatic amines is 1. The average Bonchev–Trinajstić information content (AvgIpc) is 2.47. The van der Waals surface area contributed by atoms with Gasteiger partial charge in [-0.25, -0.2) is 0 Å². The van der Waals surface area contributed by atoms with Gasteiger partial charge in [0.1, 0.15) is 0 Å². The summed E-state index contributed by atoms with van der Waals surface area (Å²) in [6.07, 6.45) is 2.48. The molecule has 0 fully saturated rings. The number of nitrogens with one attached hydrogen (secondary N) is 1. The van der Waals surface area contributed by atoms with Gasteiger partial charge < -0.3 is 4.98 Å². The normalized spacial score (nSPS) is 10.6. The van der Waals surface area contributed by atoms with Crippen molar-refractivity contribution in [1.29, 1.82) is 0 Å². The van der Waals surface area contributed by atoms with Gasteiger partial charge in [0.25, 0.3) is 0 Å². The number of aldehydes is 1. The van der Waals surface area contributed by atoms with Gasteiger partial charge in [0.2, 0.25) is 0 Å². The lowest BCUT2D eigenvalue weighted by Crippen LogP contribution is -1.76. The Bertz CT molecular complexity index is 478. The summed E-state index contributed by atoms with van der Waals surface area (Å²) in [4.78, 5) is 13.6. The van der Waals surface area contributed by atoms with Crippen LogP contribution in [-0.4, -0.2) is 11.3 Å². The zero-order valence-electron chi connectivity index (χ0n) is 6.47. The van der Waals surface area contributed by atoms with Gasteiger partial charge in [-0.1, -0.05) is 27.5 Å². The Morgan fingerprint density at radius 1 is 1.46 bits per heavy atom. The van der Waals surface area contributed by atoms with Crippen LogP contribution in [0.5, 0.6) is 0 Å². The van der Waals surface area contributed by atoms with Crippen molar-refractivity contribution in [3.8, 4) is 0 Å². The highest BCUT2D eigenvalue weighted by Gasteiger charge is 2.07. The number of carbonyl (C=O) groups excluding carboxylic acids is 1. The molecule has 1 aromatic carbocycles. The minimum absolute atomic E-state index is 0.638. The topological polar surface area (TPSA) is 32.9 Å². The standard InChI is InChI=1S/C9H5BrClNO/c10-7-1-6(11)2-8-9(7)5(4-13)3-12-8/h1-4,12H. The second-order valence-corrected chi connectivity index (χ2v) is 3.96. The van der Waals surface area contributed by atoms with E-state index in [1.165, 1.54) is 0 Å². The first kappa shape index (κ1) is 8.78. The predicted molar refractivity (Wildman–Crippen MR) is 56.4 cm³/mol. The molecular weight excluding hydrogens is 253 g/mol. The van der Waals surface area contributed by atoms with Gasteiger partial charge in [0.05, 0.1) is 0 Å². The minimum atomic E-state index is 0.638. The molecule has 0 saturated carbocycles. The summed E-state index contributed by atoms with van der Waals surface area (Å²) in [5, 5.41) is 1.51. The summed E-state index contributed by atoms with van der Waals surface area (Å²) in [5.41, 5.74) is 1.50. The molecule has 1 heterocycles. The van der Waals surface area contributed by atoms with Crippen LogP contribution in [0.25, 0.3) is 10.9 Å². The zero-order chi connectivity index (χ0) is 9.42. The summed E-state index contributed by atoms with van der Waals surface area (Å²) in [6.45, 7) is 0. The molecule has 0 aliphatic heterocycles. The Hall–Kier alpha value is -0.800. The predicted octanol–water partition coefficient (Wildman–Crippen LogP) is 3.40. The summed E-state index contributed by atoms with van der Waals surface area (Å²) in [6, 6.07) is 3.55. The number of hydrogen-bond acceptors (Lipinski definition) is 1. The molecule has 0 aliphatic rings. The maximum Gasteiger partial charge on any atom is 0.152 e. The fraction of sp³-hybridized carbons (Fsp3) is 0. The largest absolute Gasteiger partial charge is 0.360 e. The first-order chi connectivity index (χ1) is 6.22. The molecule has 1 aromatic heterocycles. The van der Waals surface area contributed by atoms with Crippen molar-refractivity contribution in [3.05, 3.63) is 33.4 Å². The van der Waals surface area contributed by atoms with Crippen LogP contribution in [0.2, 0.25) is 5.02 Å². The molecule has 4 heteroatoms. The van der Waals surface area contributed by atoms with E-state index >= 15 is 0 Å². The van der Waals surface area contributed by atoms with Crippen molar-refractivity contribution in [3.63, 3.8) is 0 Å². The monoisotopic (exact) mass is 257 g/mol. The van der Waals surface area contributed by atoms with Crippen LogP contribution in [-0.2, 0) is 0 Å². The van der Waals surface area contributed by atoms with Crippen molar-refractivity contribution < 1.29 is 4.79 Å².